The molecule has 0 aromatic carbocycles. The van der Waals surface area contributed by atoms with E-state index in [2.05, 4.69) is 5.32 Å². The van der Waals surface area contributed by atoms with Gasteiger partial charge in [0.05, 0.1) is 25.4 Å². The smallest absolute Gasteiger partial charge is 0.394 e. The van der Waals surface area contributed by atoms with Crippen molar-refractivity contribution in [2.24, 2.45) is 0 Å². The van der Waals surface area contributed by atoms with Gasteiger partial charge in [0, 0.05) is 43.4 Å². The summed E-state index contributed by atoms with van der Waals surface area (Å²) in [6.45, 7) is -4.06. The van der Waals surface area contributed by atoms with Crippen molar-refractivity contribution >= 4 is 39.3 Å². The highest BCUT2D eigenvalue weighted by Crippen LogP contribution is 2.60. The topological polar surface area (TPSA) is 268 Å². The minimum atomic E-state index is -8.16. The molecule has 2 saturated heterocycles. The second kappa shape index (κ2) is 25.1. The second-order valence-corrected chi connectivity index (χ2v) is 18.2. The number of hydrogen-bond acceptors (Lipinski definition) is 15. The molecule has 2 aliphatic heterocycles. The second-order valence-electron chi connectivity index (χ2n) is 15.4. The maximum atomic E-state index is 14.4. The molecule has 0 spiro atoms. The molecule has 11 atom stereocenters. The van der Waals surface area contributed by atoms with Crippen LogP contribution in [0, 0.1) is 0 Å². The molecule has 0 aromatic heterocycles. The van der Waals surface area contributed by atoms with Gasteiger partial charge in [-0.3, -0.25) is 14.4 Å². The monoisotopic (exact) mass is 1030 g/mol. The van der Waals surface area contributed by atoms with Gasteiger partial charge < -0.3 is 66.3 Å². The van der Waals surface area contributed by atoms with Crippen molar-refractivity contribution in [1.29, 1.82) is 0 Å². The minimum absolute atomic E-state index is 0.0171. The molecule has 0 bridgehead atoms. The maximum absolute atomic E-state index is 14.4. The molecule has 2 heterocycles. The van der Waals surface area contributed by atoms with Crippen LogP contribution in [-0.4, -0.2) is 193 Å². The zero-order chi connectivity index (χ0) is 50.6. The molecular formula is C35H52F13N3O13S2. The van der Waals surface area contributed by atoms with E-state index < -0.39 is 148 Å². The molecular weight excluding hydrogens is 982 g/mol. The first kappa shape index (κ1) is 59.9. The molecule has 66 heavy (non-hydrogen) atoms. The summed E-state index contributed by atoms with van der Waals surface area (Å²) in [5.74, 6) is -41.2. The predicted molar refractivity (Wildman–Crippen MR) is 202 cm³/mol. The minimum Gasteiger partial charge on any atom is -0.394 e. The summed E-state index contributed by atoms with van der Waals surface area (Å²) in [5.41, 5.74) is 0. The van der Waals surface area contributed by atoms with E-state index >= 15 is 0 Å². The van der Waals surface area contributed by atoms with Crippen molar-refractivity contribution in [3.63, 3.8) is 0 Å². The maximum Gasteiger partial charge on any atom is 0.460 e. The van der Waals surface area contributed by atoms with Crippen LogP contribution in [0.15, 0.2) is 0 Å². The van der Waals surface area contributed by atoms with Gasteiger partial charge in [0.2, 0.25) is 11.8 Å². The SMILES string of the molecule is O=C(CCCCC1CCSS1)NCCCCC(NC(=O)[C@H](O)[C@H](O)[C@@H](C[C@H](O)CO)O[C@@H]1O[C@H](CO)[C@H](O)[C@H](O)[C@H]1O)C(=O)NCCC(F)(F)C(F)(F)C(F)(F)C(F)(F)C(F)(F)C(F)(F)F. The fourth-order valence-electron chi connectivity index (χ4n) is 6.29. The number of aliphatic hydroxyl groups is 8. The lowest BCUT2D eigenvalue weighted by atomic mass is 9.92. The van der Waals surface area contributed by atoms with Gasteiger partial charge in [-0.05, 0) is 38.5 Å². The van der Waals surface area contributed by atoms with E-state index in [-0.39, 0.29) is 31.7 Å². The lowest BCUT2D eigenvalue weighted by Crippen LogP contribution is -2.70. The lowest BCUT2D eigenvalue weighted by molar-refractivity contribution is -0.440. The van der Waals surface area contributed by atoms with Gasteiger partial charge in [-0.25, -0.2) is 0 Å². The van der Waals surface area contributed by atoms with Gasteiger partial charge in [-0.1, -0.05) is 28.0 Å². The summed E-state index contributed by atoms with van der Waals surface area (Å²) < 4.78 is 187. The van der Waals surface area contributed by atoms with Crippen molar-refractivity contribution in [1.82, 2.24) is 16.0 Å². The summed E-state index contributed by atoms with van der Waals surface area (Å²) >= 11 is 0. The molecule has 2 aliphatic rings. The molecule has 0 aromatic rings. The van der Waals surface area contributed by atoms with Gasteiger partial charge in [0.25, 0.3) is 5.91 Å². The number of amides is 3. The summed E-state index contributed by atoms with van der Waals surface area (Å²) in [7, 11) is 3.51. The van der Waals surface area contributed by atoms with Crippen LogP contribution in [0.25, 0.3) is 0 Å². The highest BCUT2D eigenvalue weighted by atomic mass is 33.1. The summed E-state index contributed by atoms with van der Waals surface area (Å²) in [4.78, 5) is 38.6. The molecule has 0 radical (unpaired) electrons. The average molecular weight is 1030 g/mol. The van der Waals surface area contributed by atoms with Crippen LogP contribution in [-0.2, 0) is 23.9 Å². The third-order valence-corrected chi connectivity index (χ3v) is 13.4. The molecule has 0 saturated carbocycles. The number of alkyl halides is 13. The number of unbranched alkanes of at least 4 members (excludes halogenated alkanes) is 2. The number of halogens is 13. The Kier molecular flexibility index (Phi) is 22.8. The van der Waals surface area contributed by atoms with Crippen LogP contribution in [0.1, 0.15) is 64.2 Å². The van der Waals surface area contributed by atoms with Crippen LogP contribution in [0.3, 0.4) is 0 Å². The van der Waals surface area contributed by atoms with E-state index in [0.29, 0.717) is 11.7 Å². The predicted octanol–water partition coefficient (Wildman–Crippen LogP) is 1.37. The molecule has 11 N–H and O–H groups in total. The number of carbonyl (C=O) groups is 3. The van der Waals surface area contributed by atoms with Gasteiger partial charge >= 0.3 is 35.8 Å². The molecule has 16 nitrogen and oxygen atoms in total. The fourth-order valence-corrected chi connectivity index (χ4v) is 9.32. The zero-order valence-electron chi connectivity index (χ0n) is 34.3. The Morgan fingerprint density at radius 3 is 1.92 bits per heavy atom. The van der Waals surface area contributed by atoms with Crippen molar-refractivity contribution in [2.75, 3.05) is 32.1 Å². The highest BCUT2D eigenvalue weighted by molar-refractivity contribution is 8.77. The van der Waals surface area contributed by atoms with Crippen molar-refractivity contribution in [3.8, 4) is 0 Å². The van der Waals surface area contributed by atoms with Gasteiger partial charge in [-0.2, -0.15) is 57.1 Å². The van der Waals surface area contributed by atoms with Crippen molar-refractivity contribution in [2.45, 2.75) is 166 Å². The van der Waals surface area contributed by atoms with Crippen LogP contribution in [0.4, 0.5) is 57.1 Å². The van der Waals surface area contributed by atoms with Gasteiger partial charge in [-0.15, -0.1) is 0 Å². The molecule has 2 fully saturated rings. The van der Waals surface area contributed by atoms with Crippen LogP contribution in [0.2, 0.25) is 0 Å². The highest BCUT2D eigenvalue weighted by Gasteiger charge is 2.90. The molecule has 0 aliphatic carbocycles. The quantitative estimate of drug-likeness (QED) is 0.0300. The van der Waals surface area contributed by atoms with E-state index in [9.17, 15) is 112 Å². The first-order chi connectivity index (χ1) is 30.3. The standard InChI is InChI=1S/C35H52F13N3O13S2/c36-30(37,31(38,39)32(40,41)33(42,43)34(44,45)35(46,47)48)9-11-50-27(61)18(6-3-4-10-49-21(55)7-2-1-5-17-8-12-65-66-17)51-28(62)25(59)22(56)19(13-16(54)14-52)63-29-26(60)24(58)23(57)20(15-53)64-29/h16-20,22-26,29,52-54,56-60H,1-15H2,(H,49,55)(H,50,61)(H,51,62)/t16-,17?,18?,19+,20+,22+,23-,24-,25+,26+,29+/m0/s1. The van der Waals surface area contributed by atoms with Crippen molar-refractivity contribution in [3.05, 3.63) is 0 Å². The lowest BCUT2D eigenvalue weighted by Gasteiger charge is -2.41. The number of aliphatic hydroxyl groups excluding tert-OH is 8. The summed E-state index contributed by atoms with van der Waals surface area (Å²) in [6.07, 6.45) is -28.0. The van der Waals surface area contributed by atoms with Crippen LogP contribution >= 0.6 is 21.6 Å². The fraction of sp³-hybridized carbons (Fsp3) is 0.914. The molecule has 388 valence electrons. The first-order valence-corrected chi connectivity index (χ1v) is 22.4. The Hall–Kier alpha value is -2.20. The largest absolute Gasteiger partial charge is 0.460 e. The molecule has 2 unspecified atom stereocenters. The van der Waals surface area contributed by atoms with Crippen LogP contribution in [0.5, 0.6) is 0 Å². The van der Waals surface area contributed by atoms with Crippen molar-refractivity contribution < 1.29 is 122 Å². The summed E-state index contributed by atoms with van der Waals surface area (Å²) in [6, 6.07) is -2.10. The molecule has 2 rings (SSSR count). The Morgan fingerprint density at radius 1 is 0.742 bits per heavy atom. The Bertz CT molecular complexity index is 1540. The number of carbonyl (C=O) groups excluding carboxylic acids is 3. The van der Waals surface area contributed by atoms with E-state index in [1.54, 1.807) is 21.6 Å². The van der Waals surface area contributed by atoms with Gasteiger partial charge in [0.1, 0.15) is 36.6 Å². The molecule has 3 amide bonds. The zero-order valence-corrected chi connectivity index (χ0v) is 35.9. The Labute approximate surface area is 375 Å². The normalized spacial score (nSPS) is 24.9. The first-order valence-electron chi connectivity index (χ1n) is 20.0. The Balaban J connectivity index is 2.24. The third-order valence-electron chi connectivity index (χ3n) is 10.4. The Morgan fingerprint density at radius 2 is 1.36 bits per heavy atom. The van der Waals surface area contributed by atoms with E-state index in [1.807, 2.05) is 5.32 Å². The van der Waals surface area contributed by atoms with Gasteiger partial charge in [0.15, 0.2) is 12.4 Å². The van der Waals surface area contributed by atoms with E-state index in [0.717, 1.165) is 25.0 Å². The van der Waals surface area contributed by atoms with Crippen LogP contribution < -0.4 is 16.0 Å². The summed E-state index contributed by atoms with van der Waals surface area (Å²) in [5, 5.41) is 87.2. The average Bonchev–Trinajstić information content (AvgIpc) is 3.76. The number of hydrogen-bond donors (Lipinski definition) is 11. The molecule has 31 heteroatoms. The number of nitrogens with one attached hydrogen (secondary N) is 3. The number of rotatable bonds is 28. The van der Waals surface area contributed by atoms with E-state index in [1.165, 1.54) is 5.32 Å². The van der Waals surface area contributed by atoms with E-state index in [4.69, 9.17) is 9.47 Å². The third kappa shape index (κ3) is 14.9. The number of ether oxygens (including phenoxy) is 2.